The molecule has 0 radical (unpaired) electrons. The molecule has 2 aromatic heterocycles. The van der Waals surface area contributed by atoms with Gasteiger partial charge >= 0.3 is 5.97 Å². The summed E-state index contributed by atoms with van der Waals surface area (Å²) in [6.45, 7) is 1.80. The third kappa shape index (κ3) is 4.50. The van der Waals surface area contributed by atoms with E-state index in [0.29, 0.717) is 37.2 Å². The van der Waals surface area contributed by atoms with E-state index in [1.165, 1.54) is 11.0 Å². The predicted octanol–water partition coefficient (Wildman–Crippen LogP) is 5.79. The minimum absolute atomic E-state index is 0.182. The van der Waals surface area contributed by atoms with Crippen molar-refractivity contribution in [1.29, 1.82) is 0 Å². The Morgan fingerprint density at radius 1 is 1.18 bits per heavy atom. The van der Waals surface area contributed by atoms with E-state index in [1.807, 2.05) is 25.3 Å². The number of anilines is 1. The van der Waals surface area contributed by atoms with Crippen LogP contribution in [0.25, 0.3) is 10.9 Å². The number of aryl methyl sites for hydroxylation is 1. The molecule has 1 aromatic carbocycles. The van der Waals surface area contributed by atoms with Crippen LogP contribution in [0.1, 0.15) is 58.9 Å². The molecule has 2 saturated heterocycles. The number of carboxylic acids is 1. The van der Waals surface area contributed by atoms with Gasteiger partial charge in [0.1, 0.15) is 11.6 Å². The molecule has 4 heterocycles. The number of benzene rings is 1. The minimum atomic E-state index is -2.89. The molecule has 2 N–H and O–H groups in total. The highest BCUT2D eigenvalue weighted by Crippen LogP contribution is 2.61. The molecule has 6 rings (SSSR count). The first-order chi connectivity index (χ1) is 18.4. The van der Waals surface area contributed by atoms with Crippen LogP contribution in [0.5, 0.6) is 5.75 Å². The first-order valence-electron chi connectivity index (χ1n) is 13.0. The maximum absolute atomic E-state index is 14.1. The van der Waals surface area contributed by atoms with E-state index in [0.717, 1.165) is 22.0 Å². The van der Waals surface area contributed by atoms with Gasteiger partial charge in [-0.15, -0.1) is 0 Å². The van der Waals surface area contributed by atoms with Gasteiger partial charge < -0.3 is 19.7 Å². The number of aromatic amines is 1. The minimum Gasteiger partial charge on any atom is -0.496 e. The number of hydrogen-bond acceptors (Lipinski definition) is 5. The number of ether oxygens (including phenoxy) is 1. The molecule has 1 spiro atoms. The Morgan fingerprint density at radius 3 is 2.56 bits per heavy atom. The highest BCUT2D eigenvalue weighted by atomic mass is 19.3. The molecule has 1 saturated carbocycles. The number of H-pyrrole nitrogens is 1. The normalized spacial score (nSPS) is 23.4. The lowest BCUT2D eigenvalue weighted by Gasteiger charge is -2.55. The topological polar surface area (TPSA) is 81.7 Å². The van der Waals surface area contributed by atoms with Gasteiger partial charge in [0.05, 0.1) is 20.2 Å². The average Bonchev–Trinajstić information content (AvgIpc) is 3.34. The number of aromatic carboxylic acids is 1. The van der Waals surface area contributed by atoms with Crippen LogP contribution in [0.3, 0.4) is 0 Å². The van der Waals surface area contributed by atoms with Crippen LogP contribution in [-0.2, 0) is 6.54 Å². The molecule has 39 heavy (non-hydrogen) atoms. The Morgan fingerprint density at radius 2 is 1.92 bits per heavy atom. The second-order valence-corrected chi connectivity index (χ2v) is 11.4. The fourth-order valence-electron chi connectivity index (χ4n) is 6.78. The molecule has 0 amide bonds. The number of carboxylic acid groups (broad SMARTS) is 1. The van der Waals surface area contributed by atoms with E-state index in [2.05, 4.69) is 14.9 Å². The fourth-order valence-corrected chi connectivity index (χ4v) is 6.78. The molecule has 3 fully saturated rings. The van der Waals surface area contributed by atoms with Crippen LogP contribution >= 0.6 is 0 Å². The van der Waals surface area contributed by atoms with Crippen LogP contribution in [0.15, 0.2) is 30.5 Å². The summed E-state index contributed by atoms with van der Waals surface area (Å²) in [5.41, 5.74) is 2.71. The Bertz CT molecular complexity index is 1440. The van der Waals surface area contributed by atoms with Gasteiger partial charge in [-0.1, -0.05) is 6.07 Å². The van der Waals surface area contributed by atoms with Crippen LogP contribution in [-0.4, -0.2) is 64.5 Å². The van der Waals surface area contributed by atoms with Gasteiger partial charge in [0.2, 0.25) is 5.92 Å². The quantitative estimate of drug-likeness (QED) is 0.381. The highest BCUT2D eigenvalue weighted by molar-refractivity contribution is 5.88. The van der Waals surface area contributed by atoms with Gasteiger partial charge in [-0.2, -0.15) is 0 Å². The number of nitrogens with one attached hydrogen (secondary N) is 1. The van der Waals surface area contributed by atoms with Gasteiger partial charge in [-0.25, -0.2) is 27.3 Å². The summed E-state index contributed by atoms with van der Waals surface area (Å²) in [5, 5.41) is 10.5. The van der Waals surface area contributed by atoms with Crippen molar-refractivity contribution < 1.29 is 32.2 Å². The number of carbonyl (C=O) groups is 1. The number of fused-ring (bicyclic) bond motifs is 1. The second-order valence-electron chi connectivity index (χ2n) is 11.4. The fraction of sp³-hybridized carbons (Fsp3) is 0.500. The Balaban J connectivity index is 1.42. The number of aromatic nitrogens is 2. The molecule has 0 unspecified atom stereocenters. The first-order valence-corrected chi connectivity index (χ1v) is 13.0. The Labute approximate surface area is 222 Å². The molecule has 1 atom stereocenters. The summed E-state index contributed by atoms with van der Waals surface area (Å²) in [7, 11) is 1.60. The lowest BCUT2D eigenvalue weighted by molar-refractivity contribution is -0.186. The van der Waals surface area contributed by atoms with Crippen molar-refractivity contribution in [3.05, 3.63) is 52.8 Å². The maximum Gasteiger partial charge on any atom is 0.354 e. The third-order valence-electron chi connectivity index (χ3n) is 8.58. The van der Waals surface area contributed by atoms with Crippen LogP contribution in [0.2, 0.25) is 0 Å². The Kier molecular flexibility index (Phi) is 5.87. The summed E-state index contributed by atoms with van der Waals surface area (Å²) in [6, 6.07) is 6.50. The molecule has 208 valence electrons. The SMILES string of the molecule is COc1cc(C)c2[nH]ccc2c1CN1CCC2(C[C@@H]1c1ccc(C(=O)O)nc1N1CC(F)(F)C1)CC(F)(F)C2. The third-order valence-corrected chi connectivity index (χ3v) is 8.58. The lowest BCUT2D eigenvalue weighted by atomic mass is 9.59. The molecule has 7 nitrogen and oxygen atoms in total. The number of piperidine rings is 1. The lowest BCUT2D eigenvalue weighted by Crippen LogP contribution is -2.57. The number of hydrogen-bond donors (Lipinski definition) is 2. The van der Waals surface area contributed by atoms with Crippen molar-refractivity contribution in [2.24, 2.45) is 5.41 Å². The largest absolute Gasteiger partial charge is 0.496 e. The van der Waals surface area contributed by atoms with Crippen molar-refractivity contribution >= 4 is 22.7 Å². The standard InChI is InChI=1S/C28H30F4N4O3/c1-16-9-22(39-2)19(17-5-7-33-23(16)17)11-35-8-6-26(12-27(29,30)13-26)10-21(35)18-3-4-20(25(37)38)34-24(18)36-14-28(31,32)15-36/h3-5,7,9,21,33H,6,8,10-15H2,1-2H3,(H,37,38)/t21-/m1/s1. The van der Waals surface area contributed by atoms with Crippen molar-refractivity contribution in [2.75, 3.05) is 31.6 Å². The molecule has 3 aliphatic rings. The molecule has 0 bridgehead atoms. The zero-order valence-electron chi connectivity index (χ0n) is 21.7. The van der Waals surface area contributed by atoms with Gasteiger partial charge in [-0.05, 0) is 55.5 Å². The number of nitrogens with zero attached hydrogens (tertiary/aromatic N) is 3. The number of likely N-dealkylation sites (tertiary alicyclic amines) is 1. The molecule has 1 aliphatic carbocycles. The van der Waals surface area contributed by atoms with Gasteiger partial charge in [0.25, 0.3) is 5.92 Å². The molecule has 2 aliphatic heterocycles. The number of halogens is 4. The maximum atomic E-state index is 14.1. The van der Waals surface area contributed by atoms with E-state index >= 15 is 0 Å². The van der Waals surface area contributed by atoms with Gasteiger partial charge in [0, 0.05) is 53.7 Å². The number of rotatable bonds is 6. The summed E-state index contributed by atoms with van der Waals surface area (Å²) in [5.74, 6) is -5.98. The first kappa shape index (κ1) is 25.9. The monoisotopic (exact) mass is 546 g/mol. The predicted molar refractivity (Wildman–Crippen MR) is 137 cm³/mol. The zero-order chi connectivity index (χ0) is 27.7. The van der Waals surface area contributed by atoms with Crippen molar-refractivity contribution in [3.8, 4) is 5.75 Å². The van der Waals surface area contributed by atoms with Crippen LogP contribution in [0, 0.1) is 12.3 Å². The molecular formula is C28H30F4N4O3. The highest BCUT2D eigenvalue weighted by Gasteiger charge is 2.59. The molecular weight excluding hydrogens is 516 g/mol. The van der Waals surface area contributed by atoms with Crippen LogP contribution < -0.4 is 9.64 Å². The van der Waals surface area contributed by atoms with Gasteiger partial charge in [-0.3, -0.25) is 4.90 Å². The number of alkyl halides is 4. The van der Waals surface area contributed by atoms with E-state index in [4.69, 9.17) is 4.74 Å². The molecule has 11 heteroatoms. The second kappa shape index (κ2) is 8.84. The van der Waals surface area contributed by atoms with Crippen LogP contribution in [0.4, 0.5) is 23.4 Å². The number of methoxy groups -OCH3 is 1. The Hall–Kier alpha value is -3.34. The summed E-state index contributed by atoms with van der Waals surface area (Å²) in [6.07, 6.45) is 2.42. The zero-order valence-corrected chi connectivity index (χ0v) is 21.7. The van der Waals surface area contributed by atoms with E-state index in [9.17, 15) is 27.5 Å². The smallest absolute Gasteiger partial charge is 0.354 e. The average molecular weight is 547 g/mol. The van der Waals surface area contributed by atoms with Crippen molar-refractivity contribution in [1.82, 2.24) is 14.9 Å². The summed E-state index contributed by atoms with van der Waals surface area (Å²) >= 11 is 0. The van der Waals surface area contributed by atoms with E-state index in [-0.39, 0.29) is 24.4 Å². The molecule has 3 aromatic rings. The summed E-state index contributed by atoms with van der Waals surface area (Å²) < 4.78 is 61.7. The van der Waals surface area contributed by atoms with E-state index in [1.54, 1.807) is 13.2 Å². The summed E-state index contributed by atoms with van der Waals surface area (Å²) in [4.78, 5) is 22.8. The number of pyridine rings is 1. The van der Waals surface area contributed by atoms with Crippen molar-refractivity contribution in [3.63, 3.8) is 0 Å². The van der Waals surface area contributed by atoms with Crippen molar-refractivity contribution in [2.45, 2.75) is 57.0 Å². The van der Waals surface area contributed by atoms with Gasteiger partial charge in [0.15, 0.2) is 5.69 Å². The van der Waals surface area contributed by atoms with E-state index < -0.39 is 42.4 Å².